The fourth-order valence-corrected chi connectivity index (χ4v) is 3.81. The predicted molar refractivity (Wildman–Crippen MR) is 99.8 cm³/mol. The van der Waals surface area contributed by atoms with E-state index in [9.17, 15) is 17.2 Å². The van der Waals surface area contributed by atoms with Gasteiger partial charge in [0.15, 0.2) is 0 Å². The number of hydrogen-bond donors (Lipinski definition) is 2. The van der Waals surface area contributed by atoms with Crippen molar-refractivity contribution in [3.63, 3.8) is 0 Å². The van der Waals surface area contributed by atoms with Crippen LogP contribution in [0.2, 0.25) is 0 Å². The summed E-state index contributed by atoms with van der Waals surface area (Å²) in [4.78, 5) is 10.3. The molecule has 1 aliphatic heterocycles. The first-order valence-electron chi connectivity index (χ1n) is 8.71. The third kappa shape index (κ3) is 5.33. The average Bonchev–Trinajstić information content (AvgIpc) is 2.65. The Hall–Kier alpha value is -2.37. The zero-order valence-corrected chi connectivity index (χ0v) is 16.1. The largest absolute Gasteiger partial charge is 0.378 e. The van der Waals surface area contributed by atoms with E-state index in [0.29, 0.717) is 30.9 Å². The Morgan fingerprint density at radius 2 is 1.75 bits per heavy atom. The molecular weight excluding hydrogens is 392 g/mol. The van der Waals surface area contributed by atoms with Crippen LogP contribution in [0.1, 0.15) is 5.82 Å². The lowest BCUT2D eigenvalue weighted by atomic mass is 10.3. The number of benzene rings is 1. The normalized spacial score (nSPS) is 14.9. The fraction of sp³-hybridized carbons (Fsp3) is 0.412. The van der Waals surface area contributed by atoms with Crippen LogP contribution in [0, 0.1) is 18.6 Å². The van der Waals surface area contributed by atoms with E-state index in [4.69, 9.17) is 4.74 Å². The molecule has 0 unspecified atom stereocenters. The van der Waals surface area contributed by atoms with Crippen molar-refractivity contribution >= 4 is 21.7 Å². The van der Waals surface area contributed by atoms with E-state index in [2.05, 4.69) is 24.9 Å². The van der Waals surface area contributed by atoms with E-state index in [0.717, 1.165) is 31.0 Å². The molecule has 2 heterocycles. The molecule has 1 aromatic heterocycles. The van der Waals surface area contributed by atoms with Crippen LogP contribution in [0.15, 0.2) is 29.2 Å². The molecular formula is C17H21F2N5O3S. The Kier molecular flexibility index (Phi) is 6.37. The minimum atomic E-state index is -4.02. The standard InChI is InChI=1S/C17H21F2N5O3S/c1-12-22-16(11-17(23-12)24-4-6-27-7-5-24)20-2-3-21-28(25,26)15-9-13(18)8-14(19)10-15/h8-11,21H,2-7H2,1H3,(H,20,22,23). The number of ether oxygens (including phenoxy) is 1. The van der Waals surface area contributed by atoms with Crippen LogP contribution in [0.3, 0.4) is 0 Å². The van der Waals surface area contributed by atoms with Gasteiger partial charge in [0.2, 0.25) is 10.0 Å². The van der Waals surface area contributed by atoms with Crippen LogP contribution in [0.4, 0.5) is 20.4 Å². The minimum absolute atomic E-state index is 0.0103. The maximum absolute atomic E-state index is 13.2. The molecule has 2 N–H and O–H groups in total. The third-order valence-corrected chi connectivity index (χ3v) is 5.47. The summed E-state index contributed by atoms with van der Waals surface area (Å²) >= 11 is 0. The molecule has 0 radical (unpaired) electrons. The van der Waals surface area contributed by atoms with Gasteiger partial charge in [-0.05, 0) is 19.1 Å². The van der Waals surface area contributed by atoms with Gasteiger partial charge in [-0.3, -0.25) is 0 Å². The summed E-state index contributed by atoms with van der Waals surface area (Å²) in [6.07, 6.45) is 0. The van der Waals surface area contributed by atoms with Gasteiger partial charge < -0.3 is 15.0 Å². The van der Waals surface area contributed by atoms with Crippen molar-refractivity contribution in [1.82, 2.24) is 14.7 Å². The lowest BCUT2D eigenvalue weighted by molar-refractivity contribution is 0.122. The first-order chi connectivity index (χ1) is 13.3. The molecule has 8 nitrogen and oxygen atoms in total. The lowest BCUT2D eigenvalue weighted by Gasteiger charge is -2.28. The predicted octanol–water partition coefficient (Wildman–Crippen LogP) is 1.29. The van der Waals surface area contributed by atoms with Crippen molar-refractivity contribution in [2.75, 3.05) is 49.6 Å². The topological polar surface area (TPSA) is 96.5 Å². The van der Waals surface area contributed by atoms with E-state index in [-0.39, 0.29) is 13.1 Å². The van der Waals surface area contributed by atoms with Gasteiger partial charge >= 0.3 is 0 Å². The van der Waals surface area contributed by atoms with Gasteiger partial charge in [0.1, 0.15) is 29.1 Å². The average molecular weight is 413 g/mol. The summed E-state index contributed by atoms with van der Waals surface area (Å²) in [6, 6.07) is 3.93. The number of nitrogens with zero attached hydrogens (tertiary/aromatic N) is 3. The minimum Gasteiger partial charge on any atom is -0.378 e. The first kappa shape index (κ1) is 20.4. The Labute approximate surface area is 162 Å². The van der Waals surface area contributed by atoms with Crippen molar-refractivity contribution < 1.29 is 21.9 Å². The van der Waals surface area contributed by atoms with Crippen molar-refractivity contribution in [3.05, 3.63) is 41.7 Å². The smallest absolute Gasteiger partial charge is 0.240 e. The quantitative estimate of drug-likeness (QED) is 0.661. The zero-order chi connectivity index (χ0) is 20.1. The Morgan fingerprint density at radius 1 is 1.07 bits per heavy atom. The highest BCUT2D eigenvalue weighted by molar-refractivity contribution is 7.89. The van der Waals surface area contributed by atoms with Crippen LogP contribution in [0.25, 0.3) is 0 Å². The molecule has 1 aliphatic rings. The van der Waals surface area contributed by atoms with Gasteiger partial charge in [-0.25, -0.2) is 31.9 Å². The summed E-state index contributed by atoms with van der Waals surface area (Å²) in [5.41, 5.74) is 0. The highest BCUT2D eigenvalue weighted by atomic mass is 32.2. The molecule has 0 amide bonds. The summed E-state index contributed by atoms with van der Waals surface area (Å²) in [7, 11) is -4.02. The number of sulfonamides is 1. The molecule has 1 aromatic carbocycles. The van der Waals surface area contributed by atoms with Gasteiger partial charge in [0.25, 0.3) is 0 Å². The zero-order valence-electron chi connectivity index (χ0n) is 15.3. The van der Waals surface area contributed by atoms with Crippen LogP contribution in [0.5, 0.6) is 0 Å². The number of anilines is 2. The van der Waals surface area contributed by atoms with Gasteiger partial charge in [-0.2, -0.15) is 0 Å². The fourth-order valence-electron chi connectivity index (χ4n) is 2.74. The molecule has 1 fully saturated rings. The molecule has 3 rings (SSSR count). The van der Waals surface area contributed by atoms with Crippen LogP contribution < -0.4 is 14.9 Å². The Morgan fingerprint density at radius 3 is 2.43 bits per heavy atom. The van der Waals surface area contributed by atoms with E-state index in [1.54, 1.807) is 13.0 Å². The SMILES string of the molecule is Cc1nc(NCCNS(=O)(=O)c2cc(F)cc(F)c2)cc(N2CCOCC2)n1. The molecule has 1 saturated heterocycles. The molecule has 0 bridgehead atoms. The second-order valence-corrected chi connectivity index (χ2v) is 7.95. The van der Waals surface area contributed by atoms with Crippen LogP contribution in [-0.4, -0.2) is 57.8 Å². The molecule has 152 valence electrons. The number of aromatic nitrogens is 2. The van der Waals surface area contributed by atoms with E-state index in [1.807, 2.05) is 0 Å². The molecule has 2 aromatic rings. The van der Waals surface area contributed by atoms with Gasteiger partial charge in [0, 0.05) is 38.3 Å². The second-order valence-electron chi connectivity index (χ2n) is 6.19. The van der Waals surface area contributed by atoms with E-state index < -0.39 is 26.6 Å². The molecule has 11 heteroatoms. The number of nitrogens with one attached hydrogen (secondary N) is 2. The lowest BCUT2D eigenvalue weighted by Crippen LogP contribution is -2.37. The molecule has 0 atom stereocenters. The molecule has 0 aliphatic carbocycles. The second kappa shape index (κ2) is 8.76. The van der Waals surface area contributed by atoms with Gasteiger partial charge in [-0.1, -0.05) is 0 Å². The van der Waals surface area contributed by atoms with Crippen molar-refractivity contribution in [3.8, 4) is 0 Å². The molecule has 28 heavy (non-hydrogen) atoms. The number of rotatable bonds is 7. The third-order valence-electron chi connectivity index (χ3n) is 4.03. The summed E-state index contributed by atoms with van der Waals surface area (Å²) in [5, 5.41) is 3.03. The molecule has 0 spiro atoms. The summed E-state index contributed by atoms with van der Waals surface area (Å²) in [6.45, 7) is 4.76. The van der Waals surface area contributed by atoms with Crippen molar-refractivity contribution in [1.29, 1.82) is 0 Å². The van der Waals surface area contributed by atoms with Crippen molar-refractivity contribution in [2.24, 2.45) is 0 Å². The van der Waals surface area contributed by atoms with E-state index >= 15 is 0 Å². The number of halogens is 2. The maximum atomic E-state index is 13.2. The number of morpholine rings is 1. The Balaban J connectivity index is 1.58. The monoisotopic (exact) mass is 413 g/mol. The highest BCUT2D eigenvalue weighted by Crippen LogP contribution is 2.17. The maximum Gasteiger partial charge on any atom is 0.240 e. The Bertz CT molecular complexity index is 916. The number of aryl methyl sites for hydroxylation is 1. The number of hydrogen-bond acceptors (Lipinski definition) is 7. The van der Waals surface area contributed by atoms with Gasteiger partial charge in [0.05, 0.1) is 18.1 Å². The highest BCUT2D eigenvalue weighted by Gasteiger charge is 2.16. The summed E-state index contributed by atoms with van der Waals surface area (Å²) < 4.78 is 58.4. The van der Waals surface area contributed by atoms with E-state index in [1.165, 1.54) is 0 Å². The molecule has 0 saturated carbocycles. The van der Waals surface area contributed by atoms with Gasteiger partial charge in [-0.15, -0.1) is 0 Å². The van der Waals surface area contributed by atoms with Crippen LogP contribution in [-0.2, 0) is 14.8 Å². The van der Waals surface area contributed by atoms with Crippen LogP contribution >= 0.6 is 0 Å². The first-order valence-corrected chi connectivity index (χ1v) is 10.2. The summed E-state index contributed by atoms with van der Waals surface area (Å²) in [5.74, 6) is 0.0117. The van der Waals surface area contributed by atoms with Crippen molar-refractivity contribution in [2.45, 2.75) is 11.8 Å².